The lowest BCUT2D eigenvalue weighted by atomic mass is 10.3. The average Bonchev–Trinajstić information content (AvgIpc) is 2.82. The molecule has 0 unspecified atom stereocenters. The minimum Gasteiger partial charge on any atom is -0.478 e. The molecule has 0 spiro atoms. The van der Waals surface area contributed by atoms with Gasteiger partial charge >= 0.3 is 0 Å². The average molecular weight is 275 g/mol. The summed E-state index contributed by atoms with van der Waals surface area (Å²) in [5.74, 6) is 0.595. The number of aromatic amines is 1. The minimum absolute atomic E-state index is 0.358. The van der Waals surface area contributed by atoms with Gasteiger partial charge in [-0.2, -0.15) is 0 Å². The molecular weight excluding hydrogens is 264 g/mol. The van der Waals surface area contributed by atoms with E-state index in [9.17, 15) is 0 Å². The Labute approximate surface area is 114 Å². The lowest BCUT2D eigenvalue weighted by Gasteiger charge is -2.03. The molecule has 0 bridgehead atoms. The first-order valence-corrected chi connectivity index (χ1v) is 6.25. The Morgan fingerprint density at radius 1 is 1.32 bits per heavy atom. The maximum absolute atomic E-state index is 5.81. The molecule has 3 aromatic heterocycles. The standard InChI is InChI=1S/C13H11ClN4O/c1-2-19-12-5-3-4-8(16-12)9-6-10-13(17-9)18-11(14)7-15-10/h3-7H,2H2,1H3,(H,17,18). The fraction of sp³-hybridized carbons (Fsp3) is 0.154. The van der Waals surface area contributed by atoms with E-state index in [2.05, 4.69) is 19.9 Å². The molecule has 0 amide bonds. The van der Waals surface area contributed by atoms with E-state index >= 15 is 0 Å². The highest BCUT2D eigenvalue weighted by Crippen LogP contribution is 2.22. The van der Waals surface area contributed by atoms with Gasteiger partial charge in [0.05, 0.1) is 24.2 Å². The maximum atomic E-state index is 5.81. The third-order valence-corrected chi connectivity index (χ3v) is 2.78. The molecule has 19 heavy (non-hydrogen) atoms. The van der Waals surface area contributed by atoms with Gasteiger partial charge in [0.1, 0.15) is 10.7 Å². The minimum atomic E-state index is 0.358. The predicted octanol–water partition coefficient (Wildman–Crippen LogP) is 3.07. The molecular formula is C13H11ClN4O. The van der Waals surface area contributed by atoms with Crippen molar-refractivity contribution in [1.29, 1.82) is 0 Å². The molecule has 5 nitrogen and oxygen atoms in total. The number of rotatable bonds is 3. The fourth-order valence-corrected chi connectivity index (χ4v) is 1.94. The van der Waals surface area contributed by atoms with Crippen LogP contribution in [0.4, 0.5) is 0 Å². The van der Waals surface area contributed by atoms with Crippen LogP contribution in [0, 0.1) is 0 Å². The molecule has 0 saturated heterocycles. The van der Waals surface area contributed by atoms with Crippen molar-refractivity contribution in [3.63, 3.8) is 0 Å². The van der Waals surface area contributed by atoms with Gasteiger partial charge < -0.3 is 9.72 Å². The van der Waals surface area contributed by atoms with E-state index in [1.807, 2.05) is 31.2 Å². The lowest BCUT2D eigenvalue weighted by molar-refractivity contribution is 0.327. The van der Waals surface area contributed by atoms with Crippen LogP contribution in [-0.2, 0) is 0 Å². The van der Waals surface area contributed by atoms with E-state index in [0.29, 0.717) is 23.3 Å². The SMILES string of the molecule is CCOc1cccc(-c2cc3ncc(Cl)nc3[nH]2)n1. The molecule has 6 heteroatoms. The molecule has 0 saturated carbocycles. The number of nitrogens with zero attached hydrogens (tertiary/aromatic N) is 3. The van der Waals surface area contributed by atoms with E-state index in [-0.39, 0.29) is 0 Å². The molecule has 3 rings (SSSR count). The monoisotopic (exact) mass is 274 g/mol. The van der Waals surface area contributed by atoms with Crippen molar-refractivity contribution in [2.75, 3.05) is 6.61 Å². The molecule has 0 aromatic carbocycles. The van der Waals surface area contributed by atoms with Crippen molar-refractivity contribution >= 4 is 22.8 Å². The zero-order valence-electron chi connectivity index (χ0n) is 10.2. The van der Waals surface area contributed by atoms with Gasteiger partial charge in [-0.15, -0.1) is 0 Å². The second-order valence-corrected chi connectivity index (χ2v) is 4.29. The van der Waals surface area contributed by atoms with Gasteiger partial charge in [0, 0.05) is 6.07 Å². The Balaban J connectivity index is 2.05. The molecule has 0 aliphatic carbocycles. The zero-order valence-corrected chi connectivity index (χ0v) is 11.0. The highest BCUT2D eigenvalue weighted by molar-refractivity contribution is 6.29. The predicted molar refractivity (Wildman–Crippen MR) is 73.3 cm³/mol. The van der Waals surface area contributed by atoms with Crippen molar-refractivity contribution in [2.24, 2.45) is 0 Å². The summed E-state index contributed by atoms with van der Waals surface area (Å²) in [7, 11) is 0. The summed E-state index contributed by atoms with van der Waals surface area (Å²) < 4.78 is 5.38. The van der Waals surface area contributed by atoms with E-state index < -0.39 is 0 Å². The highest BCUT2D eigenvalue weighted by atomic mass is 35.5. The molecule has 0 fully saturated rings. The fourth-order valence-electron chi connectivity index (χ4n) is 1.81. The van der Waals surface area contributed by atoms with Gasteiger partial charge in [0.25, 0.3) is 0 Å². The van der Waals surface area contributed by atoms with Crippen LogP contribution in [0.15, 0.2) is 30.5 Å². The Kier molecular flexibility index (Phi) is 3.05. The molecule has 3 aromatic rings. The second-order valence-electron chi connectivity index (χ2n) is 3.90. The lowest BCUT2D eigenvalue weighted by Crippen LogP contribution is -1.95. The van der Waals surface area contributed by atoms with Crippen molar-refractivity contribution in [3.05, 3.63) is 35.6 Å². The van der Waals surface area contributed by atoms with E-state index in [1.54, 1.807) is 0 Å². The number of halogens is 1. The van der Waals surface area contributed by atoms with Crippen molar-refractivity contribution in [2.45, 2.75) is 6.92 Å². The number of fused-ring (bicyclic) bond motifs is 1. The van der Waals surface area contributed by atoms with E-state index in [4.69, 9.17) is 16.3 Å². The van der Waals surface area contributed by atoms with Gasteiger partial charge in [-0.3, -0.25) is 0 Å². The Bertz CT molecular complexity index is 725. The molecule has 0 radical (unpaired) electrons. The van der Waals surface area contributed by atoms with E-state index in [0.717, 1.165) is 16.9 Å². The Hall–Kier alpha value is -2.14. The summed E-state index contributed by atoms with van der Waals surface area (Å²) in [5, 5.41) is 0.358. The maximum Gasteiger partial charge on any atom is 0.213 e. The van der Waals surface area contributed by atoms with Crippen molar-refractivity contribution in [1.82, 2.24) is 19.9 Å². The molecule has 96 valence electrons. The van der Waals surface area contributed by atoms with E-state index in [1.165, 1.54) is 6.20 Å². The van der Waals surface area contributed by atoms with Crippen LogP contribution in [0.3, 0.4) is 0 Å². The van der Waals surface area contributed by atoms with Crippen molar-refractivity contribution in [3.8, 4) is 17.3 Å². The van der Waals surface area contributed by atoms with Gasteiger partial charge in [-0.05, 0) is 19.1 Å². The van der Waals surface area contributed by atoms with Crippen LogP contribution in [0.1, 0.15) is 6.92 Å². The van der Waals surface area contributed by atoms with Crippen molar-refractivity contribution < 1.29 is 4.74 Å². The topological polar surface area (TPSA) is 63.7 Å². The summed E-state index contributed by atoms with van der Waals surface area (Å²) >= 11 is 5.81. The third kappa shape index (κ3) is 2.37. The smallest absolute Gasteiger partial charge is 0.213 e. The largest absolute Gasteiger partial charge is 0.478 e. The molecule has 3 heterocycles. The molecule has 0 aliphatic heterocycles. The first kappa shape index (κ1) is 11.9. The number of hydrogen-bond acceptors (Lipinski definition) is 4. The van der Waals surface area contributed by atoms with Gasteiger partial charge in [0.15, 0.2) is 5.65 Å². The number of H-pyrrole nitrogens is 1. The Morgan fingerprint density at radius 2 is 2.21 bits per heavy atom. The summed E-state index contributed by atoms with van der Waals surface area (Å²) in [5.41, 5.74) is 3.01. The quantitative estimate of drug-likeness (QED) is 0.797. The summed E-state index contributed by atoms with van der Waals surface area (Å²) in [6.45, 7) is 2.51. The number of nitrogens with one attached hydrogen (secondary N) is 1. The van der Waals surface area contributed by atoms with Crippen LogP contribution in [-0.4, -0.2) is 26.5 Å². The second kappa shape index (κ2) is 4.85. The number of aromatic nitrogens is 4. The van der Waals surface area contributed by atoms with Crippen LogP contribution >= 0.6 is 11.6 Å². The first-order valence-electron chi connectivity index (χ1n) is 5.88. The van der Waals surface area contributed by atoms with Gasteiger partial charge in [-0.1, -0.05) is 17.7 Å². The Morgan fingerprint density at radius 3 is 3.05 bits per heavy atom. The summed E-state index contributed by atoms with van der Waals surface area (Å²) in [6.07, 6.45) is 1.52. The molecule has 1 N–H and O–H groups in total. The van der Waals surface area contributed by atoms with Gasteiger partial charge in [-0.25, -0.2) is 15.0 Å². The first-order chi connectivity index (χ1) is 9.26. The molecule has 0 atom stereocenters. The van der Waals surface area contributed by atoms with Crippen LogP contribution < -0.4 is 4.74 Å². The summed E-state index contributed by atoms with van der Waals surface area (Å²) in [6, 6.07) is 7.50. The molecule has 0 aliphatic rings. The number of hydrogen-bond donors (Lipinski definition) is 1. The van der Waals surface area contributed by atoms with Crippen LogP contribution in [0.25, 0.3) is 22.6 Å². The summed E-state index contributed by atoms with van der Waals surface area (Å²) in [4.78, 5) is 15.9. The van der Waals surface area contributed by atoms with Crippen LogP contribution in [0.5, 0.6) is 5.88 Å². The third-order valence-electron chi connectivity index (χ3n) is 2.60. The number of ether oxygens (including phenoxy) is 1. The number of pyridine rings is 1. The van der Waals surface area contributed by atoms with Gasteiger partial charge in [0.2, 0.25) is 5.88 Å². The van der Waals surface area contributed by atoms with Crippen LogP contribution in [0.2, 0.25) is 5.15 Å². The normalized spacial score (nSPS) is 10.8. The highest BCUT2D eigenvalue weighted by Gasteiger charge is 2.08. The zero-order chi connectivity index (χ0) is 13.2.